The molecular formula is C19H23BrN2O3. The van der Waals surface area contributed by atoms with Crippen molar-refractivity contribution in [1.29, 1.82) is 0 Å². The van der Waals surface area contributed by atoms with Crippen molar-refractivity contribution in [3.05, 3.63) is 56.8 Å². The fraction of sp³-hybridized carbons (Fsp3) is 0.368. The van der Waals surface area contributed by atoms with Gasteiger partial charge in [0, 0.05) is 16.7 Å². The zero-order valence-electron chi connectivity index (χ0n) is 15.1. The molecule has 0 saturated heterocycles. The Morgan fingerprint density at radius 2 is 1.84 bits per heavy atom. The number of aromatic nitrogens is 1. The zero-order valence-corrected chi connectivity index (χ0v) is 16.7. The second-order valence-corrected chi connectivity index (χ2v) is 7.11. The van der Waals surface area contributed by atoms with Crippen molar-refractivity contribution in [2.75, 3.05) is 14.2 Å². The number of hydrogen-bond donors (Lipinski definition) is 1. The van der Waals surface area contributed by atoms with Gasteiger partial charge in [-0.3, -0.25) is 9.69 Å². The number of esters is 1. The van der Waals surface area contributed by atoms with Gasteiger partial charge in [-0.25, -0.2) is 4.79 Å². The van der Waals surface area contributed by atoms with Crippen molar-refractivity contribution in [1.82, 2.24) is 9.88 Å². The third-order valence-corrected chi connectivity index (χ3v) is 4.99. The summed E-state index contributed by atoms with van der Waals surface area (Å²) in [5, 5.41) is 0. The Morgan fingerprint density at radius 1 is 1.24 bits per heavy atom. The Morgan fingerprint density at radius 3 is 2.40 bits per heavy atom. The normalized spacial score (nSPS) is 12.3. The van der Waals surface area contributed by atoms with E-state index in [1.165, 1.54) is 7.11 Å². The number of rotatable bonds is 6. The van der Waals surface area contributed by atoms with Crippen LogP contribution in [0.15, 0.2) is 28.7 Å². The van der Waals surface area contributed by atoms with E-state index in [1.807, 2.05) is 43.1 Å². The van der Waals surface area contributed by atoms with Gasteiger partial charge in [0.15, 0.2) is 5.78 Å². The monoisotopic (exact) mass is 406 g/mol. The number of nitrogens with one attached hydrogen (secondary N) is 1. The molecule has 1 N–H and O–H groups in total. The van der Waals surface area contributed by atoms with E-state index < -0.39 is 5.97 Å². The molecule has 0 aliphatic rings. The van der Waals surface area contributed by atoms with E-state index in [-0.39, 0.29) is 11.8 Å². The van der Waals surface area contributed by atoms with Crippen molar-refractivity contribution in [2.45, 2.75) is 33.4 Å². The quantitative estimate of drug-likeness (QED) is 0.583. The molecule has 0 aliphatic carbocycles. The Bertz CT molecular complexity index is 781. The molecule has 0 amide bonds. The van der Waals surface area contributed by atoms with Crippen LogP contribution in [0.3, 0.4) is 0 Å². The molecule has 1 aromatic heterocycles. The molecule has 0 saturated carbocycles. The maximum atomic E-state index is 12.9. The Kier molecular flexibility index (Phi) is 6.19. The van der Waals surface area contributed by atoms with Crippen LogP contribution in [-0.4, -0.2) is 41.8 Å². The van der Waals surface area contributed by atoms with Crippen LogP contribution in [0.2, 0.25) is 0 Å². The molecule has 1 unspecified atom stereocenters. The number of carbonyl (C=O) groups excluding carboxylic acids is 2. The van der Waals surface area contributed by atoms with E-state index in [0.29, 0.717) is 29.1 Å². The molecule has 0 radical (unpaired) electrons. The van der Waals surface area contributed by atoms with E-state index in [1.54, 1.807) is 13.8 Å². The number of methoxy groups -OCH3 is 1. The van der Waals surface area contributed by atoms with Gasteiger partial charge < -0.3 is 9.72 Å². The fourth-order valence-corrected chi connectivity index (χ4v) is 3.09. The largest absolute Gasteiger partial charge is 0.465 e. The minimum Gasteiger partial charge on any atom is -0.465 e. The number of aromatic amines is 1. The summed E-state index contributed by atoms with van der Waals surface area (Å²) in [6.45, 7) is 6.06. The van der Waals surface area contributed by atoms with Crippen LogP contribution in [-0.2, 0) is 11.3 Å². The number of H-pyrrole nitrogens is 1. The van der Waals surface area contributed by atoms with Crippen molar-refractivity contribution < 1.29 is 14.3 Å². The second kappa shape index (κ2) is 7.97. The first-order valence-electron chi connectivity index (χ1n) is 8.02. The predicted octanol–water partition coefficient (Wildman–Crippen LogP) is 3.88. The first kappa shape index (κ1) is 19.4. The summed E-state index contributed by atoms with van der Waals surface area (Å²) in [5.41, 5.74) is 3.32. The van der Waals surface area contributed by atoms with E-state index in [2.05, 4.69) is 20.9 Å². The van der Waals surface area contributed by atoms with E-state index in [9.17, 15) is 9.59 Å². The van der Waals surface area contributed by atoms with Crippen LogP contribution in [0.5, 0.6) is 0 Å². The number of nitrogens with zero attached hydrogens (tertiary/aromatic N) is 1. The topological polar surface area (TPSA) is 62.4 Å². The van der Waals surface area contributed by atoms with E-state index >= 15 is 0 Å². The lowest BCUT2D eigenvalue weighted by Crippen LogP contribution is -2.36. The summed E-state index contributed by atoms with van der Waals surface area (Å²) in [5.74, 6) is -0.475. The number of carbonyl (C=O) groups is 2. The minimum absolute atomic E-state index is 0.0460. The average molecular weight is 407 g/mol. The third kappa shape index (κ3) is 4.19. The van der Waals surface area contributed by atoms with E-state index in [0.717, 1.165) is 10.0 Å². The fourth-order valence-electron chi connectivity index (χ4n) is 2.83. The van der Waals surface area contributed by atoms with Crippen molar-refractivity contribution in [2.24, 2.45) is 0 Å². The smallest absolute Gasteiger partial charge is 0.339 e. The highest BCUT2D eigenvalue weighted by Crippen LogP contribution is 2.21. The lowest BCUT2D eigenvalue weighted by Gasteiger charge is -2.23. The van der Waals surface area contributed by atoms with Crippen molar-refractivity contribution in [3.63, 3.8) is 0 Å². The lowest BCUT2D eigenvalue weighted by molar-refractivity contribution is 0.0599. The first-order valence-corrected chi connectivity index (χ1v) is 8.82. The number of halogens is 1. The molecule has 2 rings (SSSR count). The molecule has 2 aromatic rings. The number of Topliss-reactive ketones (excluding diaryl/α,β-unsaturated/α-hetero) is 1. The summed E-state index contributed by atoms with van der Waals surface area (Å²) < 4.78 is 5.83. The summed E-state index contributed by atoms with van der Waals surface area (Å²) in [7, 11) is 3.25. The molecule has 0 fully saturated rings. The number of aryl methyl sites for hydroxylation is 1. The summed E-state index contributed by atoms with van der Waals surface area (Å²) >= 11 is 3.42. The van der Waals surface area contributed by atoms with Gasteiger partial charge in [-0.15, -0.1) is 0 Å². The van der Waals surface area contributed by atoms with Crippen LogP contribution in [0.4, 0.5) is 0 Å². The van der Waals surface area contributed by atoms with Crippen LogP contribution >= 0.6 is 15.9 Å². The van der Waals surface area contributed by atoms with Gasteiger partial charge in [0.25, 0.3) is 0 Å². The van der Waals surface area contributed by atoms with Gasteiger partial charge in [0.1, 0.15) is 0 Å². The Hall–Kier alpha value is -1.92. The number of ketones is 1. The number of hydrogen-bond acceptors (Lipinski definition) is 4. The molecule has 1 atom stereocenters. The zero-order chi connectivity index (χ0) is 18.7. The highest BCUT2D eigenvalue weighted by atomic mass is 79.9. The maximum absolute atomic E-state index is 12.9. The summed E-state index contributed by atoms with van der Waals surface area (Å²) in [4.78, 5) is 29.8. The lowest BCUT2D eigenvalue weighted by atomic mass is 10.0. The van der Waals surface area contributed by atoms with Gasteiger partial charge in [0.2, 0.25) is 0 Å². The minimum atomic E-state index is -0.429. The summed E-state index contributed by atoms with van der Waals surface area (Å²) in [6, 6.07) is 7.69. The van der Waals surface area contributed by atoms with Crippen LogP contribution in [0, 0.1) is 13.8 Å². The number of benzene rings is 1. The Labute approximate surface area is 156 Å². The van der Waals surface area contributed by atoms with Gasteiger partial charge in [-0.05, 0) is 51.1 Å². The molecule has 134 valence electrons. The number of ether oxygens (including phenoxy) is 1. The number of likely N-dealkylation sites (N-methyl/N-ethyl adjacent to an activating group) is 1. The van der Waals surface area contributed by atoms with Gasteiger partial charge in [-0.2, -0.15) is 0 Å². The average Bonchev–Trinajstić information content (AvgIpc) is 2.89. The van der Waals surface area contributed by atoms with Gasteiger partial charge >= 0.3 is 5.97 Å². The standard InChI is InChI=1S/C19H23BrN2O3/c1-11-16(19(24)25-5)12(2)21-17(11)18(23)13(3)22(4)10-14-6-8-15(20)9-7-14/h6-9,13,21H,10H2,1-5H3. The highest BCUT2D eigenvalue weighted by Gasteiger charge is 2.27. The molecule has 0 bridgehead atoms. The molecule has 5 nitrogen and oxygen atoms in total. The molecule has 25 heavy (non-hydrogen) atoms. The van der Waals surface area contributed by atoms with Crippen LogP contribution < -0.4 is 0 Å². The van der Waals surface area contributed by atoms with Gasteiger partial charge in [0.05, 0.1) is 24.4 Å². The highest BCUT2D eigenvalue weighted by molar-refractivity contribution is 9.10. The molecule has 1 heterocycles. The summed E-state index contributed by atoms with van der Waals surface area (Å²) in [6.07, 6.45) is 0. The predicted molar refractivity (Wildman–Crippen MR) is 101 cm³/mol. The third-order valence-electron chi connectivity index (χ3n) is 4.46. The molecule has 0 aliphatic heterocycles. The molecule has 1 aromatic carbocycles. The van der Waals surface area contributed by atoms with Gasteiger partial charge in [-0.1, -0.05) is 28.1 Å². The Balaban J connectivity index is 2.19. The van der Waals surface area contributed by atoms with E-state index in [4.69, 9.17) is 4.74 Å². The van der Waals surface area contributed by atoms with Crippen molar-refractivity contribution in [3.8, 4) is 0 Å². The molecular weight excluding hydrogens is 384 g/mol. The second-order valence-electron chi connectivity index (χ2n) is 6.20. The van der Waals surface area contributed by atoms with Crippen LogP contribution in [0.1, 0.15) is 44.6 Å². The van der Waals surface area contributed by atoms with Crippen LogP contribution in [0.25, 0.3) is 0 Å². The molecule has 6 heteroatoms. The maximum Gasteiger partial charge on any atom is 0.339 e. The first-order chi connectivity index (χ1) is 11.8. The molecule has 0 spiro atoms. The SMILES string of the molecule is COC(=O)c1c(C)[nH]c(C(=O)C(C)N(C)Cc2ccc(Br)cc2)c1C. The van der Waals surface area contributed by atoms with Crippen molar-refractivity contribution >= 4 is 27.7 Å².